The molecule has 1 fully saturated rings. The van der Waals surface area contributed by atoms with E-state index < -0.39 is 45.9 Å². The van der Waals surface area contributed by atoms with Gasteiger partial charge < -0.3 is 31.7 Å². The number of carboxylic acids is 1. The summed E-state index contributed by atoms with van der Waals surface area (Å²) in [6.07, 6.45) is 2.06. The van der Waals surface area contributed by atoms with Crippen LogP contribution in [0.1, 0.15) is 43.2 Å². The number of fused-ring (bicyclic) bond motifs is 2. The molecule has 0 spiro atoms. The van der Waals surface area contributed by atoms with E-state index in [0.29, 0.717) is 31.1 Å². The number of guanidine groups is 1. The monoisotopic (exact) mass is 677 g/mol. The minimum Gasteiger partial charge on any atom is -0.480 e. The zero-order chi connectivity index (χ0) is 34.6. The Morgan fingerprint density at radius 1 is 0.979 bits per heavy atom. The quantitative estimate of drug-likeness (QED) is 0.134. The van der Waals surface area contributed by atoms with Gasteiger partial charge in [0, 0.05) is 56.6 Å². The Kier molecular flexibility index (Phi) is 10.5. The minimum absolute atomic E-state index is 0.0737. The van der Waals surface area contributed by atoms with E-state index in [1.54, 1.807) is 18.2 Å². The van der Waals surface area contributed by atoms with Crippen molar-refractivity contribution in [1.29, 1.82) is 0 Å². The number of nitrogens with two attached hydrogens (primary N) is 2. The molecule has 6 N–H and O–H groups in total. The maximum atomic E-state index is 14.5. The number of nitrogens with zero attached hydrogens (tertiary/aromatic N) is 4. The number of nitrogens with one attached hydrogen (secondary N) is 1. The van der Waals surface area contributed by atoms with Gasteiger partial charge in [-0.15, -0.1) is 0 Å². The number of rotatable bonds is 11. The number of hydrogen-bond donors (Lipinski definition) is 4. The number of carboxylic acid groups (broad SMARTS) is 1. The highest BCUT2D eigenvalue weighted by Crippen LogP contribution is 2.35. The molecule has 256 valence electrons. The molecular formula is C34H43N7O6S. The van der Waals surface area contributed by atoms with Crippen LogP contribution in [0.2, 0.25) is 0 Å². The van der Waals surface area contributed by atoms with Crippen LogP contribution in [0.5, 0.6) is 0 Å². The number of sulfonamides is 1. The maximum Gasteiger partial charge on any atom is 0.326 e. The van der Waals surface area contributed by atoms with Gasteiger partial charge in [0.2, 0.25) is 21.8 Å². The highest BCUT2D eigenvalue weighted by molar-refractivity contribution is 7.89. The third-order valence-electron chi connectivity index (χ3n) is 9.06. The van der Waals surface area contributed by atoms with E-state index in [1.807, 2.05) is 61.5 Å². The summed E-state index contributed by atoms with van der Waals surface area (Å²) in [5.74, 6) is -2.44. The Balaban J connectivity index is 1.46. The smallest absolute Gasteiger partial charge is 0.326 e. The molecule has 13 nitrogen and oxygen atoms in total. The number of carbonyl (C=O) groups is 3. The van der Waals surface area contributed by atoms with Gasteiger partial charge in [0.05, 0.1) is 4.90 Å². The number of piperidine rings is 1. The average Bonchev–Trinajstić information content (AvgIpc) is 3.07. The lowest BCUT2D eigenvalue weighted by atomic mass is 9.91. The van der Waals surface area contributed by atoms with Crippen molar-refractivity contribution in [3.63, 3.8) is 0 Å². The molecule has 3 atom stereocenters. The number of amides is 2. The number of benzene rings is 3. The molecule has 0 aliphatic carbocycles. The molecule has 2 amide bonds. The molecular weight excluding hydrogens is 634 g/mol. The van der Waals surface area contributed by atoms with Crippen LogP contribution < -0.4 is 21.7 Å². The number of carbonyl (C=O) groups excluding carboxylic acids is 2. The van der Waals surface area contributed by atoms with Crippen LogP contribution in [0.4, 0.5) is 5.69 Å². The first-order valence-electron chi connectivity index (χ1n) is 16.1. The number of hydrogen-bond acceptors (Lipinski definition) is 7. The van der Waals surface area contributed by atoms with Crippen molar-refractivity contribution in [2.24, 2.45) is 16.5 Å². The minimum atomic E-state index is -4.15. The van der Waals surface area contributed by atoms with Gasteiger partial charge >= 0.3 is 5.97 Å². The third-order valence-corrected chi connectivity index (χ3v) is 11.0. The van der Waals surface area contributed by atoms with Crippen LogP contribution in [-0.4, -0.2) is 91.8 Å². The van der Waals surface area contributed by atoms with Crippen LogP contribution in [0, 0.1) is 0 Å². The van der Waals surface area contributed by atoms with E-state index >= 15 is 0 Å². The van der Waals surface area contributed by atoms with Crippen molar-refractivity contribution in [2.75, 3.05) is 32.1 Å². The Hall–Kier alpha value is -4.69. The fraction of sp³-hybridized carbons (Fsp3) is 0.412. The summed E-state index contributed by atoms with van der Waals surface area (Å²) in [6.45, 7) is 0.434. The van der Waals surface area contributed by atoms with Gasteiger partial charge in [-0.2, -0.15) is 4.31 Å². The fourth-order valence-corrected chi connectivity index (χ4v) is 8.51. The second-order valence-electron chi connectivity index (χ2n) is 12.5. The van der Waals surface area contributed by atoms with Crippen molar-refractivity contribution in [1.82, 2.24) is 14.5 Å². The Morgan fingerprint density at radius 2 is 1.69 bits per heavy atom. The molecule has 0 saturated carbocycles. The van der Waals surface area contributed by atoms with E-state index in [4.69, 9.17) is 11.5 Å². The second-order valence-corrected chi connectivity index (χ2v) is 14.3. The average molecular weight is 678 g/mol. The summed E-state index contributed by atoms with van der Waals surface area (Å²) in [7, 11) is -0.365. The molecule has 1 saturated heterocycles. The van der Waals surface area contributed by atoms with Crippen LogP contribution >= 0.6 is 0 Å². The molecule has 0 bridgehead atoms. The molecule has 3 aromatic carbocycles. The first kappa shape index (κ1) is 34.6. The molecule has 3 aromatic rings. The van der Waals surface area contributed by atoms with E-state index in [2.05, 4.69) is 10.3 Å². The van der Waals surface area contributed by atoms with Crippen molar-refractivity contribution in [3.8, 4) is 0 Å². The molecule has 5 rings (SSSR count). The standard InChI is InChI=1S/C34H43N7O6S/c1-39(2)27-16-7-13-25-24(27)12-8-17-30(25)48(46,47)41-19-6-5-15-28(41)32(43)40-21-23-11-4-3-10-22(23)20-29(40)31(42)38-26(33(44)45)14-9-18-37-34(35)36/h3-4,7-8,10-13,16-17,26,28-29H,5-6,9,14-15,18-21H2,1-2H3,(H,38,42)(H,44,45)(H4,35,36,37)/t26-,28-,29-/m0/s1. The summed E-state index contributed by atoms with van der Waals surface area (Å²) in [5.41, 5.74) is 13.3. The zero-order valence-corrected chi connectivity index (χ0v) is 28.0. The summed E-state index contributed by atoms with van der Waals surface area (Å²) in [6, 6.07) is 14.8. The topological polar surface area (TPSA) is 192 Å². The number of anilines is 1. The molecule has 2 aliphatic rings. The maximum absolute atomic E-state index is 14.5. The second kappa shape index (κ2) is 14.6. The largest absolute Gasteiger partial charge is 0.480 e. The summed E-state index contributed by atoms with van der Waals surface area (Å²) < 4.78 is 30.2. The third kappa shape index (κ3) is 7.24. The van der Waals surface area contributed by atoms with Crippen molar-refractivity contribution in [3.05, 3.63) is 71.8 Å². The van der Waals surface area contributed by atoms with Gasteiger partial charge in [0.25, 0.3) is 0 Å². The summed E-state index contributed by atoms with van der Waals surface area (Å²) >= 11 is 0. The lowest BCUT2D eigenvalue weighted by molar-refractivity contribution is -0.147. The normalized spacial score (nSPS) is 18.8. The van der Waals surface area contributed by atoms with Crippen molar-refractivity contribution < 1.29 is 27.9 Å². The van der Waals surface area contributed by atoms with Crippen LogP contribution in [-0.2, 0) is 37.4 Å². The van der Waals surface area contributed by atoms with Crippen LogP contribution in [0.25, 0.3) is 10.8 Å². The Labute approximate surface area is 280 Å². The van der Waals surface area contributed by atoms with E-state index in [1.165, 1.54) is 9.21 Å². The number of aliphatic carboxylic acids is 1. The van der Waals surface area contributed by atoms with Gasteiger partial charge in [-0.1, -0.05) is 55.0 Å². The van der Waals surface area contributed by atoms with E-state index in [0.717, 1.165) is 22.2 Å². The molecule has 0 aromatic heterocycles. The summed E-state index contributed by atoms with van der Waals surface area (Å²) in [4.78, 5) is 47.8. The van der Waals surface area contributed by atoms with Gasteiger partial charge in [0.15, 0.2) is 5.96 Å². The molecule has 48 heavy (non-hydrogen) atoms. The Bertz CT molecular complexity index is 1830. The summed E-state index contributed by atoms with van der Waals surface area (Å²) in [5, 5.41) is 13.8. The first-order valence-corrected chi connectivity index (χ1v) is 17.5. The lowest BCUT2D eigenvalue weighted by Crippen LogP contribution is -2.60. The van der Waals surface area contributed by atoms with E-state index in [9.17, 15) is 27.9 Å². The molecule has 14 heteroatoms. The van der Waals surface area contributed by atoms with Crippen LogP contribution in [0.3, 0.4) is 0 Å². The highest BCUT2D eigenvalue weighted by atomic mass is 32.2. The van der Waals surface area contributed by atoms with E-state index in [-0.39, 0.29) is 43.3 Å². The van der Waals surface area contributed by atoms with Gasteiger partial charge in [-0.05, 0) is 48.9 Å². The van der Waals surface area contributed by atoms with Crippen molar-refractivity contribution >= 4 is 50.2 Å². The van der Waals surface area contributed by atoms with Gasteiger partial charge in [0.1, 0.15) is 18.1 Å². The predicted octanol–water partition coefficient (Wildman–Crippen LogP) is 2.03. The highest BCUT2D eigenvalue weighted by Gasteiger charge is 2.44. The molecule has 2 heterocycles. The van der Waals surface area contributed by atoms with Gasteiger partial charge in [-0.3, -0.25) is 14.6 Å². The fourth-order valence-electron chi connectivity index (χ4n) is 6.65. The zero-order valence-electron chi connectivity index (χ0n) is 27.2. The molecule has 0 radical (unpaired) electrons. The molecule has 2 aliphatic heterocycles. The lowest BCUT2D eigenvalue weighted by Gasteiger charge is -2.41. The molecule has 0 unspecified atom stereocenters. The first-order chi connectivity index (χ1) is 22.9. The predicted molar refractivity (Wildman–Crippen MR) is 184 cm³/mol. The SMILES string of the molecule is CN(C)c1cccc2c(S(=O)(=O)N3CCCC[C@H]3C(=O)N3Cc4ccccc4C[C@H]3C(=O)N[C@@H](CCCN=C(N)N)C(=O)O)cccc12. The number of aliphatic imine (C=N–C) groups is 1. The Morgan fingerprint density at radius 3 is 2.40 bits per heavy atom. The van der Waals surface area contributed by atoms with Crippen LogP contribution in [0.15, 0.2) is 70.6 Å². The van der Waals surface area contributed by atoms with Gasteiger partial charge in [-0.25, -0.2) is 13.2 Å². The van der Waals surface area contributed by atoms with Crippen molar-refractivity contribution in [2.45, 2.75) is 68.1 Å².